The Kier molecular flexibility index (Phi) is 5.52. The zero-order valence-electron chi connectivity index (χ0n) is 11.3. The SMILES string of the molecule is CNCC(c1cccc(Cl)c1)C1CCCCCC1. The molecule has 18 heavy (non-hydrogen) atoms. The number of hydrogen-bond acceptors (Lipinski definition) is 1. The molecule has 0 spiro atoms. The van der Waals surface area contributed by atoms with E-state index in [0.29, 0.717) is 5.92 Å². The summed E-state index contributed by atoms with van der Waals surface area (Å²) in [6.45, 7) is 1.06. The van der Waals surface area contributed by atoms with Gasteiger partial charge in [0.05, 0.1) is 0 Å². The molecule has 0 radical (unpaired) electrons. The van der Waals surface area contributed by atoms with Crippen LogP contribution in [-0.4, -0.2) is 13.6 Å². The van der Waals surface area contributed by atoms with Gasteiger partial charge < -0.3 is 5.32 Å². The first kappa shape index (κ1) is 13.9. The Balaban J connectivity index is 2.15. The molecule has 2 heteroatoms. The van der Waals surface area contributed by atoms with Gasteiger partial charge in [-0.3, -0.25) is 0 Å². The van der Waals surface area contributed by atoms with Crippen molar-refractivity contribution in [3.63, 3.8) is 0 Å². The summed E-state index contributed by atoms with van der Waals surface area (Å²) >= 11 is 6.14. The van der Waals surface area contributed by atoms with E-state index in [9.17, 15) is 0 Å². The van der Waals surface area contributed by atoms with E-state index in [2.05, 4.69) is 23.5 Å². The summed E-state index contributed by atoms with van der Waals surface area (Å²) in [4.78, 5) is 0. The minimum atomic E-state index is 0.617. The quantitative estimate of drug-likeness (QED) is 0.784. The minimum absolute atomic E-state index is 0.617. The summed E-state index contributed by atoms with van der Waals surface area (Å²) in [5, 5.41) is 4.22. The third-order valence-electron chi connectivity index (χ3n) is 4.17. The summed E-state index contributed by atoms with van der Waals surface area (Å²) in [7, 11) is 2.05. The lowest BCUT2D eigenvalue weighted by atomic mass is 9.81. The Hall–Kier alpha value is -0.530. The van der Waals surface area contributed by atoms with Crippen LogP contribution in [0.15, 0.2) is 24.3 Å². The Morgan fingerprint density at radius 1 is 1.22 bits per heavy atom. The number of nitrogens with one attached hydrogen (secondary N) is 1. The Morgan fingerprint density at radius 3 is 2.56 bits per heavy atom. The second kappa shape index (κ2) is 7.16. The van der Waals surface area contributed by atoms with Gasteiger partial charge in [-0.2, -0.15) is 0 Å². The second-order valence-corrected chi connectivity index (χ2v) is 5.91. The maximum absolute atomic E-state index is 6.14. The van der Waals surface area contributed by atoms with Crippen molar-refractivity contribution in [3.8, 4) is 0 Å². The van der Waals surface area contributed by atoms with Gasteiger partial charge in [0.25, 0.3) is 0 Å². The molecule has 1 aliphatic rings. The van der Waals surface area contributed by atoms with Crippen molar-refractivity contribution in [2.75, 3.05) is 13.6 Å². The van der Waals surface area contributed by atoms with E-state index in [1.807, 2.05) is 13.1 Å². The van der Waals surface area contributed by atoms with Gasteiger partial charge in [0, 0.05) is 11.6 Å². The predicted molar refractivity (Wildman–Crippen MR) is 79.3 cm³/mol. The fourth-order valence-corrected chi connectivity index (χ4v) is 3.43. The summed E-state index contributed by atoms with van der Waals surface area (Å²) in [5.74, 6) is 1.44. The van der Waals surface area contributed by atoms with Gasteiger partial charge in [0.15, 0.2) is 0 Å². The van der Waals surface area contributed by atoms with Gasteiger partial charge >= 0.3 is 0 Å². The van der Waals surface area contributed by atoms with Crippen molar-refractivity contribution in [1.82, 2.24) is 5.32 Å². The first-order valence-corrected chi connectivity index (χ1v) is 7.59. The molecule has 1 nitrogen and oxygen atoms in total. The fraction of sp³-hybridized carbons (Fsp3) is 0.625. The fourth-order valence-electron chi connectivity index (χ4n) is 3.23. The molecule has 1 N–H and O–H groups in total. The van der Waals surface area contributed by atoms with Crippen LogP contribution in [0.1, 0.15) is 50.0 Å². The molecule has 2 rings (SSSR count). The van der Waals surface area contributed by atoms with E-state index in [4.69, 9.17) is 11.6 Å². The third kappa shape index (κ3) is 3.73. The summed E-state index contributed by atoms with van der Waals surface area (Å²) in [5.41, 5.74) is 1.41. The topological polar surface area (TPSA) is 12.0 Å². The first-order chi connectivity index (χ1) is 8.81. The lowest BCUT2D eigenvalue weighted by Crippen LogP contribution is -2.24. The van der Waals surface area contributed by atoms with Gasteiger partial charge in [0.1, 0.15) is 0 Å². The van der Waals surface area contributed by atoms with Crippen LogP contribution in [0, 0.1) is 5.92 Å². The van der Waals surface area contributed by atoms with Crippen LogP contribution in [0.3, 0.4) is 0 Å². The molecule has 0 saturated heterocycles. The van der Waals surface area contributed by atoms with Gasteiger partial charge in [-0.15, -0.1) is 0 Å². The molecule has 0 bridgehead atoms. The molecule has 1 atom stereocenters. The maximum atomic E-state index is 6.14. The molecule has 1 unspecified atom stereocenters. The largest absolute Gasteiger partial charge is 0.319 e. The highest BCUT2D eigenvalue weighted by molar-refractivity contribution is 6.30. The predicted octanol–water partition coefficient (Wildman–Crippen LogP) is 4.61. The molecule has 1 saturated carbocycles. The van der Waals surface area contributed by atoms with Crippen molar-refractivity contribution in [2.45, 2.75) is 44.4 Å². The van der Waals surface area contributed by atoms with Crippen LogP contribution in [-0.2, 0) is 0 Å². The molecular weight excluding hydrogens is 242 g/mol. The number of rotatable bonds is 4. The highest BCUT2D eigenvalue weighted by atomic mass is 35.5. The third-order valence-corrected chi connectivity index (χ3v) is 4.40. The van der Waals surface area contributed by atoms with Crippen molar-refractivity contribution in [3.05, 3.63) is 34.9 Å². The molecule has 0 amide bonds. The van der Waals surface area contributed by atoms with Crippen molar-refractivity contribution in [1.29, 1.82) is 0 Å². The molecule has 0 aromatic heterocycles. The summed E-state index contributed by atoms with van der Waals surface area (Å²) in [6.07, 6.45) is 8.37. The van der Waals surface area contributed by atoms with Crippen molar-refractivity contribution < 1.29 is 0 Å². The monoisotopic (exact) mass is 265 g/mol. The average Bonchev–Trinajstić information content (AvgIpc) is 2.64. The highest BCUT2D eigenvalue weighted by Crippen LogP contribution is 2.35. The minimum Gasteiger partial charge on any atom is -0.319 e. The van der Waals surface area contributed by atoms with Gasteiger partial charge in [-0.1, -0.05) is 49.4 Å². The molecule has 1 aliphatic carbocycles. The number of halogens is 1. The lowest BCUT2D eigenvalue weighted by molar-refractivity contribution is 0.367. The number of benzene rings is 1. The molecule has 0 heterocycles. The van der Waals surface area contributed by atoms with Crippen molar-refractivity contribution in [2.24, 2.45) is 5.92 Å². The smallest absolute Gasteiger partial charge is 0.0408 e. The molecule has 1 aromatic carbocycles. The normalized spacial score (nSPS) is 19.4. The molecule has 1 aromatic rings. The van der Waals surface area contributed by atoms with Crippen LogP contribution in [0.2, 0.25) is 5.02 Å². The van der Waals surface area contributed by atoms with E-state index in [0.717, 1.165) is 17.5 Å². The van der Waals surface area contributed by atoms with Crippen LogP contribution in [0.25, 0.3) is 0 Å². The van der Waals surface area contributed by atoms with Gasteiger partial charge in [-0.25, -0.2) is 0 Å². The van der Waals surface area contributed by atoms with E-state index < -0.39 is 0 Å². The zero-order valence-corrected chi connectivity index (χ0v) is 12.0. The average molecular weight is 266 g/mol. The maximum Gasteiger partial charge on any atom is 0.0408 e. The number of likely N-dealkylation sites (N-methyl/N-ethyl adjacent to an activating group) is 1. The molecule has 100 valence electrons. The van der Waals surface area contributed by atoms with Crippen LogP contribution < -0.4 is 5.32 Å². The van der Waals surface area contributed by atoms with E-state index >= 15 is 0 Å². The van der Waals surface area contributed by atoms with Crippen molar-refractivity contribution >= 4 is 11.6 Å². The molecule has 0 aliphatic heterocycles. The standard InChI is InChI=1S/C16H24ClN/c1-18-12-16(13-7-4-2-3-5-8-13)14-9-6-10-15(17)11-14/h6,9-11,13,16,18H,2-5,7-8,12H2,1H3. The van der Waals surface area contributed by atoms with Crippen LogP contribution in [0.5, 0.6) is 0 Å². The Labute approximate surface area is 116 Å². The molecular formula is C16H24ClN. The van der Waals surface area contributed by atoms with E-state index in [1.54, 1.807) is 0 Å². The first-order valence-electron chi connectivity index (χ1n) is 7.21. The van der Waals surface area contributed by atoms with Gasteiger partial charge in [-0.05, 0) is 49.4 Å². The highest BCUT2D eigenvalue weighted by Gasteiger charge is 2.23. The second-order valence-electron chi connectivity index (χ2n) is 5.47. The summed E-state index contributed by atoms with van der Waals surface area (Å²) in [6, 6.07) is 8.43. The van der Waals surface area contributed by atoms with E-state index in [1.165, 1.54) is 44.1 Å². The van der Waals surface area contributed by atoms with Crippen LogP contribution in [0.4, 0.5) is 0 Å². The Bertz CT molecular complexity index is 356. The van der Waals surface area contributed by atoms with Gasteiger partial charge in [0.2, 0.25) is 0 Å². The Morgan fingerprint density at radius 2 is 1.94 bits per heavy atom. The summed E-state index contributed by atoms with van der Waals surface area (Å²) < 4.78 is 0. The van der Waals surface area contributed by atoms with E-state index in [-0.39, 0.29) is 0 Å². The molecule has 1 fully saturated rings. The van der Waals surface area contributed by atoms with Crippen LogP contribution >= 0.6 is 11.6 Å². The zero-order chi connectivity index (χ0) is 12.8. The lowest BCUT2D eigenvalue weighted by Gasteiger charge is -2.26. The number of hydrogen-bond donors (Lipinski definition) is 1.